The molecule has 3 heterocycles. The van der Waals surface area contributed by atoms with Crippen molar-refractivity contribution in [3.05, 3.63) is 24.3 Å². The molecule has 28 heavy (non-hydrogen) atoms. The molecule has 0 spiro atoms. The van der Waals surface area contributed by atoms with Crippen LogP contribution in [0.25, 0.3) is 22.1 Å². The minimum Gasteiger partial charge on any atom is -0.466 e. The fourth-order valence-corrected chi connectivity index (χ4v) is 4.13. The van der Waals surface area contributed by atoms with Gasteiger partial charge in [-0.05, 0) is 25.8 Å². The van der Waals surface area contributed by atoms with Gasteiger partial charge >= 0.3 is 5.97 Å². The molecule has 1 aliphatic rings. The molecule has 0 radical (unpaired) electrons. The number of carbonyl (C=O) groups is 2. The summed E-state index contributed by atoms with van der Waals surface area (Å²) in [5, 5.41) is 9.84. The number of aromatic nitrogens is 4. The summed E-state index contributed by atoms with van der Waals surface area (Å²) < 4.78 is 5.09. The number of fused-ring (bicyclic) bond motifs is 3. The number of carbonyl (C=O) groups excluding carboxylic acids is 2. The molecule has 4 rings (SSSR count). The molecule has 1 fully saturated rings. The van der Waals surface area contributed by atoms with E-state index in [0.29, 0.717) is 30.5 Å². The lowest BCUT2D eigenvalue weighted by atomic mass is 9.98. The minimum atomic E-state index is -0.233. The number of piperidine rings is 1. The van der Waals surface area contributed by atoms with Crippen LogP contribution in [0, 0.1) is 5.92 Å². The van der Waals surface area contributed by atoms with Crippen molar-refractivity contribution in [2.75, 3.05) is 25.4 Å². The highest BCUT2D eigenvalue weighted by molar-refractivity contribution is 7.99. The molecule has 1 amide bonds. The highest BCUT2D eigenvalue weighted by atomic mass is 32.2. The Morgan fingerprint density at radius 2 is 2.18 bits per heavy atom. The summed E-state index contributed by atoms with van der Waals surface area (Å²) in [6.45, 7) is 3.23. The lowest BCUT2D eigenvalue weighted by molar-refractivity contribution is -0.151. The molecule has 1 aliphatic heterocycles. The third-order valence-electron chi connectivity index (χ3n) is 4.82. The largest absolute Gasteiger partial charge is 0.466 e. The lowest BCUT2D eigenvalue weighted by Crippen LogP contribution is -2.43. The van der Waals surface area contributed by atoms with Crippen LogP contribution in [0.3, 0.4) is 0 Å². The number of hydrogen-bond acceptors (Lipinski definition) is 7. The third kappa shape index (κ3) is 3.80. The van der Waals surface area contributed by atoms with E-state index in [1.807, 2.05) is 24.3 Å². The minimum absolute atomic E-state index is 0.0284. The quantitative estimate of drug-likeness (QED) is 0.519. The first-order valence-corrected chi connectivity index (χ1v) is 10.3. The number of ether oxygens (including phenoxy) is 1. The molecule has 0 unspecified atom stereocenters. The zero-order valence-electron chi connectivity index (χ0n) is 15.6. The monoisotopic (exact) mass is 399 g/mol. The number of rotatable bonds is 5. The Balaban J connectivity index is 1.40. The molecule has 9 heteroatoms. The Morgan fingerprint density at radius 3 is 3.04 bits per heavy atom. The second kappa shape index (κ2) is 8.14. The molecule has 0 saturated carbocycles. The zero-order chi connectivity index (χ0) is 19.5. The van der Waals surface area contributed by atoms with Gasteiger partial charge in [-0.2, -0.15) is 0 Å². The van der Waals surface area contributed by atoms with Crippen LogP contribution >= 0.6 is 11.8 Å². The molecule has 0 bridgehead atoms. The number of para-hydroxylation sites is 1. The van der Waals surface area contributed by atoms with E-state index in [1.54, 1.807) is 11.8 Å². The average Bonchev–Trinajstić information content (AvgIpc) is 3.10. The van der Waals surface area contributed by atoms with E-state index >= 15 is 0 Å². The summed E-state index contributed by atoms with van der Waals surface area (Å²) in [5.74, 6) is -0.268. The number of aromatic amines is 1. The highest BCUT2D eigenvalue weighted by Crippen LogP contribution is 2.24. The third-order valence-corrected chi connectivity index (χ3v) is 5.64. The fourth-order valence-electron chi connectivity index (χ4n) is 3.44. The maximum atomic E-state index is 12.6. The maximum Gasteiger partial charge on any atom is 0.310 e. The Hall–Kier alpha value is -2.68. The van der Waals surface area contributed by atoms with E-state index < -0.39 is 0 Å². The second-order valence-corrected chi connectivity index (χ2v) is 7.62. The Bertz CT molecular complexity index is 1020. The second-order valence-electron chi connectivity index (χ2n) is 6.68. The number of amides is 1. The predicted octanol–water partition coefficient (Wildman–Crippen LogP) is 2.40. The number of nitrogens with zero attached hydrogens (tertiary/aromatic N) is 4. The molecule has 2 aromatic heterocycles. The van der Waals surface area contributed by atoms with Gasteiger partial charge in [-0.1, -0.05) is 30.0 Å². The van der Waals surface area contributed by atoms with Crippen LogP contribution in [-0.4, -0.2) is 62.4 Å². The molecule has 3 aromatic rings. The van der Waals surface area contributed by atoms with Crippen molar-refractivity contribution in [2.45, 2.75) is 24.9 Å². The molecule has 1 saturated heterocycles. The normalized spacial score (nSPS) is 17.2. The SMILES string of the molecule is CCOC(=O)[C@H]1CCCN(C(=O)CSc2nnc3c(n2)[nH]c2ccccc23)C1. The van der Waals surface area contributed by atoms with Gasteiger partial charge in [-0.25, -0.2) is 4.98 Å². The van der Waals surface area contributed by atoms with Crippen molar-refractivity contribution in [1.29, 1.82) is 0 Å². The smallest absolute Gasteiger partial charge is 0.310 e. The van der Waals surface area contributed by atoms with Crippen LogP contribution in [0.15, 0.2) is 29.4 Å². The van der Waals surface area contributed by atoms with Gasteiger partial charge in [0.15, 0.2) is 5.65 Å². The van der Waals surface area contributed by atoms with Gasteiger partial charge in [0.1, 0.15) is 5.52 Å². The number of hydrogen-bond donors (Lipinski definition) is 1. The predicted molar refractivity (Wildman–Crippen MR) is 106 cm³/mol. The van der Waals surface area contributed by atoms with Gasteiger partial charge in [0.25, 0.3) is 0 Å². The van der Waals surface area contributed by atoms with Crippen LogP contribution in [0.1, 0.15) is 19.8 Å². The first kappa shape index (κ1) is 18.7. The highest BCUT2D eigenvalue weighted by Gasteiger charge is 2.29. The topological polar surface area (TPSA) is 101 Å². The molecule has 1 atom stereocenters. The number of thioether (sulfide) groups is 1. The van der Waals surface area contributed by atoms with Crippen molar-refractivity contribution in [3.8, 4) is 0 Å². The number of nitrogens with one attached hydrogen (secondary N) is 1. The van der Waals surface area contributed by atoms with Crippen molar-refractivity contribution in [2.24, 2.45) is 5.92 Å². The summed E-state index contributed by atoms with van der Waals surface area (Å²) in [6, 6.07) is 7.82. The fraction of sp³-hybridized carbons (Fsp3) is 0.421. The van der Waals surface area contributed by atoms with Gasteiger partial charge in [-0.15, -0.1) is 10.2 Å². The van der Waals surface area contributed by atoms with Crippen molar-refractivity contribution in [3.63, 3.8) is 0 Å². The van der Waals surface area contributed by atoms with E-state index in [0.717, 1.165) is 29.3 Å². The van der Waals surface area contributed by atoms with E-state index in [1.165, 1.54) is 11.8 Å². The number of esters is 1. The van der Waals surface area contributed by atoms with Gasteiger partial charge in [-0.3, -0.25) is 9.59 Å². The summed E-state index contributed by atoms with van der Waals surface area (Å²) >= 11 is 1.25. The van der Waals surface area contributed by atoms with E-state index in [9.17, 15) is 9.59 Å². The number of H-pyrrole nitrogens is 1. The molecule has 1 N–H and O–H groups in total. The first-order chi connectivity index (χ1) is 13.7. The molecule has 8 nitrogen and oxygen atoms in total. The molecule has 146 valence electrons. The Morgan fingerprint density at radius 1 is 1.32 bits per heavy atom. The van der Waals surface area contributed by atoms with Crippen LogP contribution < -0.4 is 0 Å². The van der Waals surface area contributed by atoms with Gasteiger partial charge in [0.05, 0.1) is 18.3 Å². The van der Waals surface area contributed by atoms with Crippen LogP contribution in [0.4, 0.5) is 0 Å². The maximum absolute atomic E-state index is 12.6. The standard InChI is InChI=1S/C19H21N5O3S/c1-2-27-18(26)12-6-5-9-24(10-12)15(25)11-28-19-21-17-16(22-23-19)13-7-3-4-8-14(13)20-17/h3-4,7-8,12H,2,5-6,9-11H2,1H3,(H,20,21,23)/t12-/m0/s1. The molecular weight excluding hydrogens is 378 g/mol. The average molecular weight is 399 g/mol. The van der Waals surface area contributed by atoms with Crippen LogP contribution in [0.5, 0.6) is 0 Å². The summed E-state index contributed by atoms with van der Waals surface area (Å²) in [5.41, 5.74) is 2.34. The van der Waals surface area contributed by atoms with Crippen molar-refractivity contribution in [1.82, 2.24) is 25.1 Å². The Kier molecular flexibility index (Phi) is 5.43. The zero-order valence-corrected chi connectivity index (χ0v) is 16.4. The van der Waals surface area contributed by atoms with E-state index in [2.05, 4.69) is 20.2 Å². The Labute approximate surface area is 166 Å². The summed E-state index contributed by atoms with van der Waals surface area (Å²) in [7, 11) is 0. The van der Waals surface area contributed by atoms with Crippen molar-refractivity contribution < 1.29 is 14.3 Å². The molecule has 0 aliphatic carbocycles. The molecule has 1 aromatic carbocycles. The van der Waals surface area contributed by atoms with Crippen LogP contribution in [0.2, 0.25) is 0 Å². The number of benzene rings is 1. The number of likely N-dealkylation sites (tertiary alicyclic amines) is 1. The molecular formula is C19H21N5O3S. The van der Waals surface area contributed by atoms with Gasteiger partial charge < -0.3 is 14.6 Å². The first-order valence-electron chi connectivity index (χ1n) is 9.34. The summed E-state index contributed by atoms with van der Waals surface area (Å²) in [4.78, 5) is 34.0. The van der Waals surface area contributed by atoms with E-state index in [-0.39, 0.29) is 23.5 Å². The van der Waals surface area contributed by atoms with Gasteiger partial charge in [0, 0.05) is 24.0 Å². The van der Waals surface area contributed by atoms with Gasteiger partial charge in [0.2, 0.25) is 11.1 Å². The lowest BCUT2D eigenvalue weighted by Gasteiger charge is -2.31. The summed E-state index contributed by atoms with van der Waals surface area (Å²) in [6.07, 6.45) is 1.57. The van der Waals surface area contributed by atoms with Crippen molar-refractivity contribution >= 4 is 45.7 Å². The van der Waals surface area contributed by atoms with E-state index in [4.69, 9.17) is 4.74 Å². The van der Waals surface area contributed by atoms with Crippen LogP contribution in [-0.2, 0) is 14.3 Å².